The van der Waals surface area contributed by atoms with E-state index in [9.17, 15) is 0 Å². The zero-order valence-electron chi connectivity index (χ0n) is 37.8. The highest BCUT2D eigenvalue weighted by Gasteiger charge is 2.25. The van der Waals surface area contributed by atoms with Crippen LogP contribution in [0.1, 0.15) is 24.0 Å². The molecule has 0 atom stereocenters. The van der Waals surface area contributed by atoms with E-state index in [4.69, 9.17) is 37.9 Å². The highest BCUT2D eigenvalue weighted by molar-refractivity contribution is 5.95. The Hall–Kier alpha value is -5.73. The molecule has 0 spiro atoms. The van der Waals surface area contributed by atoms with Crippen molar-refractivity contribution in [1.82, 2.24) is 40.4 Å². The van der Waals surface area contributed by atoms with Gasteiger partial charge in [-0.25, -0.2) is 19.9 Å². The molecule has 18 nitrogen and oxygen atoms in total. The topological polar surface area (TPSA) is 180 Å². The normalized spacial score (nSPS) is 16.2. The fraction of sp³-hybridized carbons (Fsp3) is 0.391. The molecule has 0 aliphatic carbocycles. The first kappa shape index (κ1) is 50.7. The number of nitrogens with one attached hydrogen (secondary N) is 4. The Balaban J connectivity index is 0.000000212. The van der Waals surface area contributed by atoms with E-state index < -0.39 is 0 Å². The van der Waals surface area contributed by atoms with Gasteiger partial charge in [-0.1, -0.05) is 12.1 Å². The lowest BCUT2D eigenvalue weighted by Gasteiger charge is -2.21. The molecule has 0 amide bonds. The summed E-state index contributed by atoms with van der Waals surface area (Å²) in [7, 11) is 7.49. The van der Waals surface area contributed by atoms with Crippen LogP contribution >= 0.6 is 37.2 Å². The van der Waals surface area contributed by atoms with E-state index >= 15 is 0 Å². The van der Waals surface area contributed by atoms with Crippen molar-refractivity contribution in [2.75, 3.05) is 105 Å². The van der Waals surface area contributed by atoms with Crippen LogP contribution in [-0.4, -0.2) is 124 Å². The maximum Gasteiger partial charge on any atom is 0.231 e. The lowest BCUT2D eigenvalue weighted by molar-refractivity contribution is 0.174. The predicted molar refractivity (Wildman–Crippen MR) is 264 cm³/mol. The molecule has 67 heavy (non-hydrogen) atoms. The molecule has 2 aromatic heterocycles. The molecule has 0 saturated carbocycles. The molecule has 0 fully saturated rings. The highest BCUT2D eigenvalue weighted by Crippen LogP contribution is 2.46. The van der Waals surface area contributed by atoms with Crippen molar-refractivity contribution in [3.8, 4) is 46.0 Å². The molecule has 4 aliphatic rings. The second-order valence-corrected chi connectivity index (χ2v) is 15.8. The summed E-state index contributed by atoms with van der Waals surface area (Å²) in [5.41, 5.74) is 5.42. The Morgan fingerprint density at radius 1 is 0.522 bits per heavy atom. The summed E-state index contributed by atoms with van der Waals surface area (Å²) in [5, 5.41) is 15.6. The van der Waals surface area contributed by atoms with Gasteiger partial charge in [-0.3, -0.25) is 0 Å². The minimum absolute atomic E-state index is 0. The second-order valence-electron chi connectivity index (χ2n) is 15.8. The number of rotatable bonds is 2. The van der Waals surface area contributed by atoms with E-state index in [0.717, 1.165) is 121 Å². The number of benzene rings is 4. The number of fused-ring (bicyclic) bond motifs is 8. The molecule has 4 N–H and O–H groups in total. The SMILES string of the molecule is COc1cc2ncnc3c2cc1OCCCNCCN(C)Cc1ccc2c(c1N3)OCO2.COc1cc2ncnc3c2cc1OCCCNCCN(C)Cc1ccc2c(c1N3)OCO2.Cl.Cl.Cl. The van der Waals surface area contributed by atoms with E-state index in [2.05, 4.69) is 77.2 Å². The largest absolute Gasteiger partial charge is 0.493 e. The van der Waals surface area contributed by atoms with Gasteiger partial charge in [0.1, 0.15) is 24.3 Å². The standard InChI is InChI=1S/2C23H27N5O4.3ClH/c2*1-28-8-7-24-6-3-9-30-20-10-16-17(11-19(20)29-2)25-13-26-23(16)27-21-15(12-28)4-5-18-22(21)32-14-31-18;;;/h2*4-5,10-11,13,24H,3,6-9,12,14H2,1-2H3,(H,25,26,27);3*1H. The van der Waals surface area contributed by atoms with Gasteiger partial charge in [0.25, 0.3) is 0 Å². The number of halogens is 3. The first-order valence-corrected chi connectivity index (χ1v) is 21.5. The first-order valence-electron chi connectivity index (χ1n) is 21.5. The summed E-state index contributed by atoms with van der Waals surface area (Å²) in [4.78, 5) is 22.5. The van der Waals surface area contributed by atoms with E-state index in [1.54, 1.807) is 26.9 Å². The van der Waals surface area contributed by atoms with Crippen LogP contribution in [0.15, 0.2) is 61.2 Å². The van der Waals surface area contributed by atoms with Crippen LogP contribution in [0.3, 0.4) is 0 Å². The van der Waals surface area contributed by atoms with Gasteiger partial charge in [0.15, 0.2) is 46.0 Å². The van der Waals surface area contributed by atoms with Crippen LogP contribution in [0.25, 0.3) is 21.8 Å². The number of anilines is 4. The molecule has 360 valence electrons. The van der Waals surface area contributed by atoms with Gasteiger partial charge in [0.2, 0.25) is 13.6 Å². The molecular weight excluding hydrogens is 927 g/mol. The Bertz CT molecular complexity index is 2440. The Labute approximate surface area is 407 Å². The third kappa shape index (κ3) is 11.7. The minimum Gasteiger partial charge on any atom is -0.493 e. The molecule has 6 heterocycles. The number of ether oxygens (including phenoxy) is 8. The van der Waals surface area contributed by atoms with Crippen LogP contribution in [0.5, 0.6) is 46.0 Å². The molecule has 4 aliphatic heterocycles. The zero-order valence-corrected chi connectivity index (χ0v) is 40.3. The second kappa shape index (κ2) is 23.8. The lowest BCUT2D eigenvalue weighted by atomic mass is 10.1. The van der Waals surface area contributed by atoms with E-state index in [0.29, 0.717) is 59.3 Å². The molecule has 4 bridgehead atoms. The van der Waals surface area contributed by atoms with E-state index in [1.165, 1.54) is 0 Å². The fourth-order valence-corrected chi connectivity index (χ4v) is 7.96. The average Bonchev–Trinajstić information content (AvgIpc) is 4.00. The van der Waals surface area contributed by atoms with Crippen LogP contribution in [0.2, 0.25) is 0 Å². The minimum atomic E-state index is 0. The summed E-state index contributed by atoms with van der Waals surface area (Å²) < 4.78 is 46.1. The first-order chi connectivity index (χ1) is 31.4. The number of methoxy groups -OCH3 is 2. The van der Waals surface area contributed by atoms with Crippen molar-refractivity contribution < 1.29 is 37.9 Å². The van der Waals surface area contributed by atoms with E-state index in [1.807, 2.05) is 36.4 Å². The number of likely N-dealkylation sites (N-methyl/N-ethyl adjacent to an activating group) is 2. The third-order valence-electron chi connectivity index (χ3n) is 11.3. The Kier molecular flexibility index (Phi) is 18.0. The van der Waals surface area contributed by atoms with Gasteiger partial charge < -0.3 is 69.0 Å². The average molecular weight is 984 g/mol. The lowest BCUT2D eigenvalue weighted by Crippen LogP contribution is -2.30. The van der Waals surface area contributed by atoms with Gasteiger partial charge in [-0.15, -0.1) is 37.2 Å². The zero-order chi connectivity index (χ0) is 43.8. The summed E-state index contributed by atoms with van der Waals surface area (Å²) in [5.74, 6) is 6.82. The maximum absolute atomic E-state index is 6.05. The quantitative estimate of drug-likeness (QED) is 0.138. The van der Waals surface area contributed by atoms with Crippen molar-refractivity contribution in [3.63, 3.8) is 0 Å². The van der Waals surface area contributed by atoms with Crippen LogP contribution < -0.4 is 59.2 Å². The van der Waals surface area contributed by atoms with Crippen molar-refractivity contribution in [1.29, 1.82) is 0 Å². The summed E-state index contributed by atoms with van der Waals surface area (Å²) >= 11 is 0. The van der Waals surface area contributed by atoms with Gasteiger partial charge in [-0.2, -0.15) is 0 Å². The van der Waals surface area contributed by atoms with Gasteiger partial charge in [-0.05, 0) is 75.4 Å². The Morgan fingerprint density at radius 2 is 0.970 bits per heavy atom. The monoisotopic (exact) mass is 982 g/mol. The highest BCUT2D eigenvalue weighted by atomic mass is 35.5. The Morgan fingerprint density at radius 3 is 1.40 bits per heavy atom. The van der Waals surface area contributed by atoms with Crippen molar-refractivity contribution >= 4 is 82.0 Å². The molecule has 0 radical (unpaired) electrons. The molecule has 0 unspecified atom stereocenters. The molecule has 4 aromatic carbocycles. The molecule has 6 aromatic rings. The van der Waals surface area contributed by atoms with Crippen molar-refractivity contribution in [2.24, 2.45) is 0 Å². The van der Waals surface area contributed by atoms with Gasteiger partial charge in [0.05, 0.1) is 49.8 Å². The predicted octanol–water partition coefficient (Wildman–Crippen LogP) is 7.09. The number of hydrogen-bond acceptors (Lipinski definition) is 18. The molecular formula is C46H57Cl3N10O8. The maximum atomic E-state index is 6.05. The molecule has 10 rings (SSSR count). The van der Waals surface area contributed by atoms with Crippen LogP contribution in [-0.2, 0) is 13.1 Å². The van der Waals surface area contributed by atoms with Crippen LogP contribution in [0.4, 0.5) is 23.0 Å². The summed E-state index contributed by atoms with van der Waals surface area (Å²) in [6.45, 7) is 8.48. The van der Waals surface area contributed by atoms with Gasteiger partial charge in [0, 0.05) is 62.2 Å². The fourth-order valence-electron chi connectivity index (χ4n) is 7.96. The number of nitrogens with zero attached hydrogens (tertiary/aromatic N) is 6. The summed E-state index contributed by atoms with van der Waals surface area (Å²) in [6, 6.07) is 15.7. The van der Waals surface area contributed by atoms with Crippen molar-refractivity contribution in [3.05, 3.63) is 72.3 Å². The van der Waals surface area contributed by atoms with Crippen molar-refractivity contribution in [2.45, 2.75) is 25.9 Å². The summed E-state index contributed by atoms with van der Waals surface area (Å²) in [6.07, 6.45) is 4.88. The van der Waals surface area contributed by atoms with Gasteiger partial charge >= 0.3 is 0 Å². The molecule has 21 heteroatoms. The number of hydrogen-bond donors (Lipinski definition) is 4. The number of aromatic nitrogens is 4. The molecule has 0 saturated heterocycles. The third-order valence-corrected chi connectivity index (χ3v) is 11.3. The van der Waals surface area contributed by atoms with E-state index in [-0.39, 0.29) is 50.8 Å². The van der Waals surface area contributed by atoms with Crippen LogP contribution in [0, 0.1) is 0 Å². The smallest absolute Gasteiger partial charge is 0.231 e.